The number of piperidine rings is 1. The summed E-state index contributed by atoms with van der Waals surface area (Å²) in [6, 6.07) is 4.25. The average molecular weight is 440 g/mol. The van der Waals surface area contributed by atoms with Crippen molar-refractivity contribution in [3.8, 4) is 10.4 Å². The van der Waals surface area contributed by atoms with Crippen LogP contribution in [-0.2, 0) is 19.6 Å². The monoisotopic (exact) mass is 439 g/mol. The van der Waals surface area contributed by atoms with Crippen LogP contribution >= 0.6 is 22.7 Å². The van der Waals surface area contributed by atoms with Gasteiger partial charge in [-0.2, -0.15) is 0 Å². The first-order valence-electron chi connectivity index (χ1n) is 10.5. The number of aromatic nitrogens is 5. The molecule has 0 spiro atoms. The Morgan fingerprint density at radius 1 is 1.13 bits per heavy atom. The molecule has 0 atom stereocenters. The first kappa shape index (κ1) is 19.6. The van der Waals surface area contributed by atoms with Gasteiger partial charge >= 0.3 is 0 Å². The maximum absolute atomic E-state index is 4.98. The number of hydrogen-bond donors (Lipinski definition) is 1. The summed E-state index contributed by atoms with van der Waals surface area (Å²) in [5.74, 6) is 2.69. The fourth-order valence-electron chi connectivity index (χ4n) is 3.96. The molecule has 0 amide bonds. The highest BCUT2D eigenvalue weighted by molar-refractivity contribution is 7.18. The van der Waals surface area contributed by atoms with Crippen molar-refractivity contribution >= 4 is 38.7 Å². The Bertz CT molecular complexity index is 1110. The molecule has 5 rings (SSSR count). The van der Waals surface area contributed by atoms with Gasteiger partial charge in [-0.3, -0.25) is 4.90 Å². The lowest BCUT2D eigenvalue weighted by Gasteiger charge is -2.25. The lowest BCUT2D eigenvalue weighted by atomic mass is 10.1. The molecule has 1 fully saturated rings. The van der Waals surface area contributed by atoms with Crippen LogP contribution in [0.25, 0.3) is 20.7 Å². The normalized spacial score (nSPS) is 15.1. The minimum atomic E-state index is 0.586. The van der Waals surface area contributed by atoms with Gasteiger partial charge in [0.2, 0.25) is 0 Å². The smallest absolute Gasteiger partial charge is 0.152 e. The molecule has 0 saturated carbocycles. The fourth-order valence-corrected chi connectivity index (χ4v) is 5.74. The molecular formula is C21H25N7S2. The maximum Gasteiger partial charge on any atom is 0.152 e. The molecule has 0 unspecified atom stereocenters. The van der Waals surface area contributed by atoms with Crippen molar-refractivity contribution in [3.05, 3.63) is 40.9 Å². The molecule has 4 aromatic rings. The number of aryl methyl sites for hydroxylation is 1. The Hall–Kier alpha value is -2.36. The molecule has 1 saturated heterocycles. The molecule has 9 heteroatoms. The van der Waals surface area contributed by atoms with E-state index in [2.05, 4.69) is 50.2 Å². The third-order valence-electron chi connectivity index (χ3n) is 5.53. The summed E-state index contributed by atoms with van der Waals surface area (Å²) in [6.07, 6.45) is 5.63. The van der Waals surface area contributed by atoms with Crippen molar-refractivity contribution in [3.63, 3.8) is 0 Å². The van der Waals surface area contributed by atoms with E-state index >= 15 is 0 Å². The Morgan fingerprint density at radius 3 is 2.83 bits per heavy atom. The second-order valence-corrected chi connectivity index (χ2v) is 9.32. The van der Waals surface area contributed by atoms with Gasteiger partial charge in [0.15, 0.2) is 5.82 Å². The standard InChI is InChI=1S/C21H25N7S2/c1-2-28-14-23-26-18(28)11-22-20-19-15(16-7-6-10-29-16)13-30-21(19)25-17(24-20)12-27-8-4-3-5-9-27/h6-7,10,13-14H,2-5,8-9,11-12H2,1H3,(H,22,24,25). The number of anilines is 1. The van der Waals surface area contributed by atoms with Gasteiger partial charge in [-0.05, 0) is 44.3 Å². The Morgan fingerprint density at radius 2 is 2.03 bits per heavy atom. The van der Waals surface area contributed by atoms with Gasteiger partial charge in [0.05, 0.1) is 18.5 Å². The zero-order valence-electron chi connectivity index (χ0n) is 17.0. The van der Waals surface area contributed by atoms with Gasteiger partial charge in [0.25, 0.3) is 0 Å². The number of thiophene rings is 2. The molecule has 1 N–H and O–H groups in total. The van der Waals surface area contributed by atoms with Crippen LogP contribution in [0.3, 0.4) is 0 Å². The lowest BCUT2D eigenvalue weighted by Crippen LogP contribution is -2.30. The fraction of sp³-hybridized carbons (Fsp3) is 0.429. The summed E-state index contributed by atoms with van der Waals surface area (Å²) in [7, 11) is 0. The molecule has 0 radical (unpaired) electrons. The molecular weight excluding hydrogens is 414 g/mol. The summed E-state index contributed by atoms with van der Waals surface area (Å²) in [6.45, 7) is 6.61. The second kappa shape index (κ2) is 8.79. The number of nitrogens with zero attached hydrogens (tertiary/aromatic N) is 6. The number of nitrogens with one attached hydrogen (secondary N) is 1. The Labute approximate surface area is 183 Å². The highest BCUT2D eigenvalue weighted by Crippen LogP contribution is 2.39. The molecule has 30 heavy (non-hydrogen) atoms. The maximum atomic E-state index is 4.98. The predicted octanol–water partition coefficient (Wildman–Crippen LogP) is 4.63. The zero-order chi connectivity index (χ0) is 20.3. The van der Waals surface area contributed by atoms with Crippen molar-refractivity contribution in [1.29, 1.82) is 0 Å². The number of hydrogen-bond acceptors (Lipinski definition) is 8. The average Bonchev–Trinajstić information content (AvgIpc) is 3.52. The van der Waals surface area contributed by atoms with Gasteiger partial charge in [-0.25, -0.2) is 9.97 Å². The summed E-state index contributed by atoms with van der Waals surface area (Å²) < 4.78 is 2.05. The van der Waals surface area contributed by atoms with E-state index in [4.69, 9.17) is 9.97 Å². The van der Waals surface area contributed by atoms with E-state index in [1.165, 1.54) is 29.7 Å². The molecule has 1 aliphatic heterocycles. The predicted molar refractivity (Wildman–Crippen MR) is 123 cm³/mol. The summed E-state index contributed by atoms with van der Waals surface area (Å²) in [5.41, 5.74) is 1.20. The van der Waals surface area contributed by atoms with E-state index in [1.807, 2.05) is 4.57 Å². The SMILES string of the molecule is CCn1cnnc1CNc1nc(CN2CCCCC2)nc2scc(-c3cccs3)c12. The van der Waals surface area contributed by atoms with Gasteiger partial charge in [-0.1, -0.05) is 12.5 Å². The molecule has 156 valence electrons. The molecule has 7 nitrogen and oxygen atoms in total. The van der Waals surface area contributed by atoms with Crippen LogP contribution in [0.5, 0.6) is 0 Å². The van der Waals surface area contributed by atoms with E-state index in [-0.39, 0.29) is 0 Å². The zero-order valence-corrected chi connectivity index (χ0v) is 18.7. The van der Waals surface area contributed by atoms with Crippen molar-refractivity contribution in [2.45, 2.75) is 45.8 Å². The van der Waals surface area contributed by atoms with Crippen LogP contribution in [-0.4, -0.2) is 42.7 Å². The van der Waals surface area contributed by atoms with E-state index in [0.29, 0.717) is 6.54 Å². The van der Waals surface area contributed by atoms with Gasteiger partial charge in [0.1, 0.15) is 22.8 Å². The molecule has 0 bridgehead atoms. The van der Waals surface area contributed by atoms with E-state index in [1.54, 1.807) is 29.0 Å². The minimum absolute atomic E-state index is 0.586. The third-order valence-corrected chi connectivity index (χ3v) is 7.31. The topological polar surface area (TPSA) is 71.8 Å². The van der Waals surface area contributed by atoms with Crippen molar-refractivity contribution in [2.24, 2.45) is 0 Å². The molecule has 1 aliphatic rings. The Balaban J connectivity index is 1.51. The van der Waals surface area contributed by atoms with Crippen molar-refractivity contribution in [1.82, 2.24) is 29.6 Å². The van der Waals surface area contributed by atoms with Crippen LogP contribution in [0.1, 0.15) is 37.8 Å². The first-order chi connectivity index (χ1) is 14.8. The van der Waals surface area contributed by atoms with Gasteiger partial charge < -0.3 is 9.88 Å². The van der Waals surface area contributed by atoms with Crippen molar-refractivity contribution in [2.75, 3.05) is 18.4 Å². The molecule has 0 aromatic carbocycles. The van der Waals surface area contributed by atoms with E-state index in [0.717, 1.165) is 53.9 Å². The lowest BCUT2D eigenvalue weighted by molar-refractivity contribution is 0.216. The second-order valence-electron chi connectivity index (χ2n) is 7.52. The first-order valence-corrected chi connectivity index (χ1v) is 12.2. The van der Waals surface area contributed by atoms with Crippen LogP contribution < -0.4 is 5.32 Å². The number of rotatable bonds is 7. The van der Waals surface area contributed by atoms with E-state index < -0.39 is 0 Å². The number of fused-ring (bicyclic) bond motifs is 1. The van der Waals surface area contributed by atoms with Crippen LogP contribution in [0.15, 0.2) is 29.2 Å². The van der Waals surface area contributed by atoms with Crippen LogP contribution in [0, 0.1) is 0 Å². The van der Waals surface area contributed by atoms with Gasteiger partial charge in [0, 0.05) is 22.4 Å². The van der Waals surface area contributed by atoms with Crippen LogP contribution in [0.2, 0.25) is 0 Å². The third kappa shape index (κ3) is 3.97. The molecule has 5 heterocycles. The summed E-state index contributed by atoms with van der Waals surface area (Å²) >= 11 is 3.44. The highest BCUT2D eigenvalue weighted by atomic mass is 32.1. The molecule has 4 aromatic heterocycles. The van der Waals surface area contributed by atoms with E-state index in [9.17, 15) is 0 Å². The largest absolute Gasteiger partial charge is 0.362 e. The summed E-state index contributed by atoms with van der Waals surface area (Å²) in [4.78, 5) is 14.7. The summed E-state index contributed by atoms with van der Waals surface area (Å²) in [5, 5.41) is 17.3. The minimum Gasteiger partial charge on any atom is -0.362 e. The Kier molecular flexibility index (Phi) is 5.74. The van der Waals surface area contributed by atoms with Crippen LogP contribution in [0.4, 0.5) is 5.82 Å². The van der Waals surface area contributed by atoms with Gasteiger partial charge in [-0.15, -0.1) is 32.9 Å². The highest BCUT2D eigenvalue weighted by Gasteiger charge is 2.19. The quantitative estimate of drug-likeness (QED) is 0.453. The van der Waals surface area contributed by atoms with Crippen molar-refractivity contribution < 1.29 is 0 Å². The molecule has 0 aliphatic carbocycles. The number of likely N-dealkylation sites (tertiary alicyclic amines) is 1.